The molecule has 0 saturated carbocycles. The number of hydrazone groups is 1. The highest BCUT2D eigenvalue weighted by Gasteiger charge is 2.15. The lowest BCUT2D eigenvalue weighted by atomic mass is 10.1. The third kappa shape index (κ3) is 4.06. The first-order valence-corrected chi connectivity index (χ1v) is 7.19. The van der Waals surface area contributed by atoms with Crippen molar-refractivity contribution in [2.45, 2.75) is 6.92 Å². The summed E-state index contributed by atoms with van der Waals surface area (Å²) < 4.78 is 0. The summed E-state index contributed by atoms with van der Waals surface area (Å²) >= 11 is 11.8. The molecule has 0 saturated heterocycles. The number of nitrogens with zero attached hydrogens (tertiary/aromatic N) is 2. The fraction of sp³-hybridized carbons (Fsp3) is 0.0667. The molecule has 0 bridgehead atoms. The lowest BCUT2D eigenvalue weighted by Gasteiger charge is -2.05. The lowest BCUT2D eigenvalue weighted by molar-refractivity contribution is -0.385. The normalized spacial score (nSPS) is 11.2. The largest absolute Gasteiger partial charge is 0.278 e. The van der Waals surface area contributed by atoms with Crippen LogP contribution < -0.4 is 5.43 Å². The predicted octanol–water partition coefficient (Wildman–Crippen LogP) is 4.06. The van der Waals surface area contributed by atoms with Gasteiger partial charge in [-0.15, -0.1) is 0 Å². The third-order valence-corrected chi connectivity index (χ3v) is 3.55. The Labute approximate surface area is 141 Å². The van der Waals surface area contributed by atoms with Gasteiger partial charge in [0.2, 0.25) is 0 Å². The number of rotatable bonds is 4. The van der Waals surface area contributed by atoms with Crippen molar-refractivity contribution < 1.29 is 9.72 Å². The fourth-order valence-corrected chi connectivity index (χ4v) is 2.24. The second-order valence-corrected chi connectivity index (χ2v) is 5.38. The molecule has 1 amide bonds. The van der Waals surface area contributed by atoms with E-state index in [1.807, 2.05) is 0 Å². The van der Waals surface area contributed by atoms with Crippen LogP contribution in [0.15, 0.2) is 47.6 Å². The van der Waals surface area contributed by atoms with Crippen molar-refractivity contribution in [1.29, 1.82) is 0 Å². The predicted molar refractivity (Wildman–Crippen MR) is 89.2 cm³/mol. The highest BCUT2D eigenvalue weighted by molar-refractivity contribution is 6.35. The minimum Gasteiger partial charge on any atom is -0.267 e. The maximum Gasteiger partial charge on any atom is 0.278 e. The standard InChI is InChI=1S/C15H11Cl2N3O3/c1-9(11-4-2-3-5-14(11)20(22)23)18-19-15(21)12-8-10(16)6-7-13(12)17/h2-8H,1H3,(H,19,21)/b18-9-. The molecule has 23 heavy (non-hydrogen) atoms. The maximum absolute atomic E-state index is 12.1. The van der Waals surface area contributed by atoms with Gasteiger partial charge in [-0.25, -0.2) is 5.43 Å². The van der Waals surface area contributed by atoms with Gasteiger partial charge in [0, 0.05) is 11.1 Å². The van der Waals surface area contributed by atoms with E-state index in [1.165, 1.54) is 18.2 Å². The smallest absolute Gasteiger partial charge is 0.267 e. The van der Waals surface area contributed by atoms with Crippen LogP contribution in [0, 0.1) is 10.1 Å². The highest BCUT2D eigenvalue weighted by Crippen LogP contribution is 2.21. The minimum absolute atomic E-state index is 0.0937. The van der Waals surface area contributed by atoms with Crippen molar-refractivity contribution in [3.05, 3.63) is 73.8 Å². The van der Waals surface area contributed by atoms with E-state index >= 15 is 0 Å². The molecule has 0 aromatic heterocycles. The van der Waals surface area contributed by atoms with E-state index in [9.17, 15) is 14.9 Å². The Morgan fingerprint density at radius 2 is 1.87 bits per heavy atom. The molecule has 0 aliphatic heterocycles. The van der Waals surface area contributed by atoms with Crippen LogP contribution in [0.3, 0.4) is 0 Å². The van der Waals surface area contributed by atoms with Gasteiger partial charge in [-0.3, -0.25) is 14.9 Å². The van der Waals surface area contributed by atoms with Gasteiger partial charge in [-0.1, -0.05) is 35.3 Å². The molecule has 0 spiro atoms. The van der Waals surface area contributed by atoms with Gasteiger partial charge in [0.05, 0.1) is 26.8 Å². The summed E-state index contributed by atoms with van der Waals surface area (Å²) in [5.41, 5.74) is 3.00. The summed E-state index contributed by atoms with van der Waals surface area (Å²) in [6.45, 7) is 1.56. The van der Waals surface area contributed by atoms with Gasteiger partial charge >= 0.3 is 0 Å². The second-order valence-electron chi connectivity index (χ2n) is 4.54. The molecule has 0 radical (unpaired) electrons. The summed E-state index contributed by atoms with van der Waals surface area (Å²) in [7, 11) is 0. The maximum atomic E-state index is 12.1. The van der Waals surface area contributed by atoms with Crippen LogP contribution >= 0.6 is 23.2 Å². The molecule has 0 heterocycles. The molecule has 1 N–H and O–H groups in total. The number of carbonyl (C=O) groups is 1. The van der Waals surface area contributed by atoms with E-state index in [-0.39, 0.29) is 16.3 Å². The Kier molecular flexibility index (Phi) is 5.31. The molecular formula is C15H11Cl2N3O3. The summed E-state index contributed by atoms with van der Waals surface area (Å²) in [5, 5.41) is 15.5. The number of hydrogen-bond donors (Lipinski definition) is 1. The van der Waals surface area contributed by atoms with Gasteiger partial charge < -0.3 is 0 Å². The number of nitrogens with one attached hydrogen (secondary N) is 1. The van der Waals surface area contributed by atoms with Crippen LogP contribution in [-0.2, 0) is 0 Å². The van der Waals surface area contributed by atoms with Crippen LogP contribution in [0.5, 0.6) is 0 Å². The molecule has 0 aliphatic rings. The first-order valence-electron chi connectivity index (χ1n) is 6.43. The molecular weight excluding hydrogens is 341 g/mol. The Morgan fingerprint density at radius 3 is 2.57 bits per heavy atom. The van der Waals surface area contributed by atoms with Gasteiger partial charge in [0.1, 0.15) is 0 Å². The molecule has 2 aromatic carbocycles. The average Bonchev–Trinajstić information content (AvgIpc) is 2.54. The van der Waals surface area contributed by atoms with E-state index < -0.39 is 10.8 Å². The molecule has 118 valence electrons. The summed E-state index contributed by atoms with van der Waals surface area (Å²) in [6, 6.07) is 10.6. The SMILES string of the molecule is C/C(=N/NC(=O)c1cc(Cl)ccc1Cl)c1ccccc1[N+](=O)[O-]. The topological polar surface area (TPSA) is 84.6 Å². The number of amides is 1. The monoisotopic (exact) mass is 351 g/mol. The van der Waals surface area contributed by atoms with Gasteiger partial charge in [0.15, 0.2) is 0 Å². The number of nitro benzene ring substituents is 1. The number of benzene rings is 2. The Bertz CT molecular complexity index is 806. The van der Waals surface area contributed by atoms with Gasteiger partial charge in [-0.05, 0) is 31.2 Å². The number of hydrogen-bond acceptors (Lipinski definition) is 4. The third-order valence-electron chi connectivity index (χ3n) is 2.99. The van der Waals surface area contributed by atoms with Crippen molar-refractivity contribution >= 4 is 40.5 Å². The second kappa shape index (κ2) is 7.21. The van der Waals surface area contributed by atoms with Crippen LogP contribution in [0.4, 0.5) is 5.69 Å². The fourth-order valence-electron chi connectivity index (χ4n) is 1.87. The molecule has 0 aliphatic carbocycles. The first-order chi connectivity index (χ1) is 10.9. The van der Waals surface area contributed by atoms with Crippen molar-refractivity contribution in [3.8, 4) is 0 Å². The van der Waals surface area contributed by atoms with Crippen LogP contribution in [0.25, 0.3) is 0 Å². The summed E-state index contributed by atoms with van der Waals surface area (Å²) in [6.07, 6.45) is 0. The number of nitro groups is 1. The highest BCUT2D eigenvalue weighted by atomic mass is 35.5. The Morgan fingerprint density at radius 1 is 1.17 bits per heavy atom. The van der Waals surface area contributed by atoms with Crippen molar-refractivity contribution in [1.82, 2.24) is 5.43 Å². The molecule has 0 atom stereocenters. The molecule has 8 heteroatoms. The Hall–Kier alpha value is -2.44. The van der Waals surface area contributed by atoms with Gasteiger partial charge in [0.25, 0.3) is 11.6 Å². The zero-order valence-corrected chi connectivity index (χ0v) is 13.4. The zero-order valence-electron chi connectivity index (χ0n) is 11.9. The number of carbonyl (C=O) groups excluding carboxylic acids is 1. The van der Waals surface area contributed by atoms with Gasteiger partial charge in [-0.2, -0.15) is 5.10 Å². The van der Waals surface area contributed by atoms with E-state index in [4.69, 9.17) is 23.2 Å². The number of halogens is 2. The van der Waals surface area contributed by atoms with Crippen molar-refractivity contribution in [2.75, 3.05) is 0 Å². The zero-order chi connectivity index (χ0) is 17.0. The van der Waals surface area contributed by atoms with Crippen molar-refractivity contribution in [3.63, 3.8) is 0 Å². The lowest BCUT2D eigenvalue weighted by Crippen LogP contribution is -2.20. The molecule has 2 aromatic rings. The first kappa shape index (κ1) is 16.9. The summed E-state index contributed by atoms with van der Waals surface area (Å²) in [5.74, 6) is -0.560. The van der Waals surface area contributed by atoms with E-state index in [0.717, 1.165) is 0 Å². The molecule has 0 fully saturated rings. The average molecular weight is 352 g/mol. The van der Waals surface area contributed by atoms with Crippen LogP contribution in [0.1, 0.15) is 22.8 Å². The Balaban J connectivity index is 2.25. The van der Waals surface area contributed by atoms with Crippen molar-refractivity contribution in [2.24, 2.45) is 5.10 Å². The molecule has 0 unspecified atom stereocenters. The van der Waals surface area contributed by atoms with E-state index in [1.54, 1.807) is 31.2 Å². The van der Waals surface area contributed by atoms with Crippen LogP contribution in [-0.4, -0.2) is 16.5 Å². The molecule has 6 nitrogen and oxygen atoms in total. The molecule has 2 rings (SSSR count). The van der Waals surface area contributed by atoms with E-state index in [2.05, 4.69) is 10.5 Å². The minimum atomic E-state index is -0.560. The summed E-state index contributed by atoms with van der Waals surface area (Å²) in [4.78, 5) is 22.6. The van der Waals surface area contributed by atoms with E-state index in [0.29, 0.717) is 16.3 Å². The van der Waals surface area contributed by atoms with Crippen LogP contribution in [0.2, 0.25) is 10.0 Å². The number of para-hydroxylation sites is 1. The quantitative estimate of drug-likeness (QED) is 0.512.